The van der Waals surface area contributed by atoms with Crippen LogP contribution in [0.4, 0.5) is 0 Å². The zero-order valence-corrected chi connectivity index (χ0v) is 14.5. The Hall–Kier alpha value is -2.82. The van der Waals surface area contributed by atoms with E-state index in [0.717, 1.165) is 5.56 Å². The number of rotatable bonds is 4. The molecule has 1 heterocycles. The Balaban J connectivity index is 1.80. The standard InChI is InChI=1S/C18H12N2O3S2/c19-13-16(14-7-3-1-4-8-14)17-11-12-18(24-17)20-23-25(21,22)15-9-5-2-6-10-15/h1-12H. The first-order chi connectivity index (χ1) is 12.1. The summed E-state index contributed by atoms with van der Waals surface area (Å²) in [6.07, 6.45) is 3.33. The van der Waals surface area contributed by atoms with Crippen LogP contribution in [0.25, 0.3) is 5.57 Å². The third-order valence-electron chi connectivity index (χ3n) is 3.27. The quantitative estimate of drug-likeness (QED) is 0.603. The van der Waals surface area contributed by atoms with E-state index in [1.807, 2.05) is 30.3 Å². The summed E-state index contributed by atoms with van der Waals surface area (Å²) < 4.78 is 28.9. The lowest BCUT2D eigenvalue weighted by atomic mass is 10.1. The van der Waals surface area contributed by atoms with Crippen molar-refractivity contribution in [1.29, 1.82) is 5.26 Å². The van der Waals surface area contributed by atoms with Crippen LogP contribution in [-0.2, 0) is 14.4 Å². The molecule has 2 aromatic carbocycles. The predicted octanol–water partition coefficient (Wildman–Crippen LogP) is 3.94. The molecule has 0 saturated carbocycles. The monoisotopic (exact) mass is 368 g/mol. The van der Waals surface area contributed by atoms with E-state index >= 15 is 0 Å². The maximum Gasteiger partial charge on any atom is 0.358 e. The molecule has 124 valence electrons. The molecule has 0 radical (unpaired) electrons. The molecule has 2 aromatic rings. The number of hydrogen-bond acceptors (Lipinski definition) is 6. The van der Waals surface area contributed by atoms with E-state index in [4.69, 9.17) is 4.28 Å². The molecule has 0 bridgehead atoms. The van der Waals surface area contributed by atoms with Crippen molar-refractivity contribution in [3.05, 3.63) is 83.3 Å². The lowest BCUT2D eigenvalue weighted by Gasteiger charge is -2.03. The fraction of sp³-hybridized carbons (Fsp3) is 0. The van der Waals surface area contributed by atoms with Gasteiger partial charge in [0.25, 0.3) is 0 Å². The first kappa shape index (κ1) is 17.0. The lowest BCUT2D eigenvalue weighted by Crippen LogP contribution is -2.03. The summed E-state index contributed by atoms with van der Waals surface area (Å²) in [4.78, 5) is 0.720. The summed E-state index contributed by atoms with van der Waals surface area (Å²) in [5, 5.41) is 13.5. The molecule has 5 nitrogen and oxygen atoms in total. The summed E-state index contributed by atoms with van der Waals surface area (Å²) in [5.74, 6) is 0. The minimum Gasteiger partial charge on any atom is -0.264 e. The molecule has 0 fully saturated rings. The summed E-state index contributed by atoms with van der Waals surface area (Å²) in [6, 6.07) is 19.2. The van der Waals surface area contributed by atoms with Crippen molar-refractivity contribution in [3.8, 4) is 6.07 Å². The van der Waals surface area contributed by atoms with E-state index in [1.54, 1.807) is 30.4 Å². The van der Waals surface area contributed by atoms with Crippen LogP contribution in [0.2, 0.25) is 0 Å². The molecule has 0 aromatic heterocycles. The minimum absolute atomic E-state index is 0.0316. The first-order valence-electron chi connectivity index (χ1n) is 7.22. The molecule has 0 atom stereocenters. The average Bonchev–Trinajstić information content (AvgIpc) is 3.11. The number of thioether (sulfide) groups is 1. The van der Waals surface area contributed by atoms with Crippen molar-refractivity contribution >= 4 is 32.5 Å². The van der Waals surface area contributed by atoms with Gasteiger partial charge in [-0.3, -0.25) is 4.28 Å². The van der Waals surface area contributed by atoms with Crippen LogP contribution in [0, 0.1) is 11.3 Å². The number of nitrogens with zero attached hydrogens (tertiary/aromatic N) is 2. The molecule has 25 heavy (non-hydrogen) atoms. The molecular formula is C18H12N2O3S2. The largest absolute Gasteiger partial charge is 0.358 e. The highest BCUT2D eigenvalue weighted by molar-refractivity contribution is 8.18. The molecule has 0 unspecified atom stereocenters. The number of allylic oxidation sites excluding steroid dienone is 2. The summed E-state index contributed by atoms with van der Waals surface area (Å²) in [7, 11) is -3.96. The van der Waals surface area contributed by atoms with E-state index in [-0.39, 0.29) is 4.90 Å². The van der Waals surface area contributed by atoms with Crippen molar-refractivity contribution in [1.82, 2.24) is 0 Å². The Morgan fingerprint density at radius 2 is 1.64 bits per heavy atom. The highest BCUT2D eigenvalue weighted by Crippen LogP contribution is 2.34. The zero-order chi connectivity index (χ0) is 17.7. The van der Waals surface area contributed by atoms with Crippen LogP contribution >= 0.6 is 11.8 Å². The fourth-order valence-electron chi connectivity index (χ4n) is 2.09. The Labute approximate surface area is 150 Å². The van der Waals surface area contributed by atoms with Gasteiger partial charge in [-0.1, -0.05) is 65.4 Å². The van der Waals surface area contributed by atoms with Crippen LogP contribution in [0.1, 0.15) is 5.56 Å². The van der Waals surface area contributed by atoms with E-state index in [1.165, 1.54) is 23.9 Å². The van der Waals surface area contributed by atoms with Crippen molar-refractivity contribution in [2.45, 2.75) is 4.90 Å². The summed E-state index contributed by atoms with van der Waals surface area (Å²) in [5.41, 5.74) is 1.29. The van der Waals surface area contributed by atoms with Crippen LogP contribution in [0.3, 0.4) is 0 Å². The van der Waals surface area contributed by atoms with Gasteiger partial charge in [-0.05, 0) is 29.8 Å². The molecule has 1 aliphatic heterocycles. The van der Waals surface area contributed by atoms with Gasteiger partial charge in [-0.15, -0.1) is 0 Å². The van der Waals surface area contributed by atoms with Gasteiger partial charge in [0.05, 0.1) is 5.57 Å². The van der Waals surface area contributed by atoms with E-state index in [0.29, 0.717) is 15.5 Å². The molecule has 0 amide bonds. The molecule has 0 N–H and O–H groups in total. The number of oxime groups is 1. The first-order valence-corrected chi connectivity index (χ1v) is 9.45. The summed E-state index contributed by atoms with van der Waals surface area (Å²) in [6.45, 7) is 0. The number of benzene rings is 2. The van der Waals surface area contributed by atoms with Gasteiger partial charge in [-0.2, -0.15) is 13.7 Å². The Morgan fingerprint density at radius 3 is 2.28 bits per heavy atom. The third kappa shape index (κ3) is 3.99. The molecule has 0 aliphatic carbocycles. The number of nitriles is 1. The lowest BCUT2D eigenvalue weighted by molar-refractivity contribution is 0.340. The van der Waals surface area contributed by atoms with E-state index in [9.17, 15) is 13.7 Å². The van der Waals surface area contributed by atoms with Gasteiger partial charge in [-0.25, -0.2) is 0 Å². The normalized spacial score (nSPS) is 17.3. The van der Waals surface area contributed by atoms with Gasteiger partial charge >= 0.3 is 10.1 Å². The second-order valence-corrected chi connectivity index (χ2v) is 7.51. The van der Waals surface area contributed by atoms with Gasteiger partial charge in [0.15, 0.2) is 0 Å². The fourth-order valence-corrected chi connectivity index (χ4v) is 3.73. The minimum atomic E-state index is -3.96. The maximum absolute atomic E-state index is 12.1. The van der Waals surface area contributed by atoms with Gasteiger partial charge in [0.1, 0.15) is 16.0 Å². The molecule has 1 aliphatic rings. The SMILES string of the molecule is N#CC(=C1C=CC(=NOS(=O)(=O)c2ccccc2)S1)c1ccccc1. The smallest absolute Gasteiger partial charge is 0.264 e. The highest BCUT2D eigenvalue weighted by atomic mass is 32.2. The topological polar surface area (TPSA) is 79.5 Å². The molecular weight excluding hydrogens is 356 g/mol. The summed E-state index contributed by atoms with van der Waals surface area (Å²) >= 11 is 1.18. The van der Waals surface area contributed by atoms with Crippen molar-refractivity contribution in [2.24, 2.45) is 5.16 Å². The number of hydrogen-bond donors (Lipinski definition) is 0. The van der Waals surface area contributed by atoms with Crippen molar-refractivity contribution in [3.63, 3.8) is 0 Å². The van der Waals surface area contributed by atoms with Crippen LogP contribution in [0.15, 0.2) is 87.8 Å². The second kappa shape index (κ2) is 7.38. The molecule has 3 rings (SSSR count). The molecule has 0 saturated heterocycles. The third-order valence-corrected chi connectivity index (χ3v) is 5.37. The van der Waals surface area contributed by atoms with Crippen LogP contribution < -0.4 is 0 Å². The molecule has 0 spiro atoms. The average molecular weight is 368 g/mol. The van der Waals surface area contributed by atoms with Crippen molar-refractivity contribution in [2.75, 3.05) is 0 Å². The van der Waals surface area contributed by atoms with Gasteiger partial charge in [0, 0.05) is 4.91 Å². The highest BCUT2D eigenvalue weighted by Gasteiger charge is 2.18. The predicted molar refractivity (Wildman–Crippen MR) is 97.9 cm³/mol. The van der Waals surface area contributed by atoms with Crippen LogP contribution in [0.5, 0.6) is 0 Å². The van der Waals surface area contributed by atoms with E-state index < -0.39 is 10.1 Å². The van der Waals surface area contributed by atoms with E-state index in [2.05, 4.69) is 11.2 Å². The van der Waals surface area contributed by atoms with Crippen LogP contribution in [-0.4, -0.2) is 13.5 Å². The maximum atomic E-state index is 12.1. The Morgan fingerprint density at radius 1 is 1.00 bits per heavy atom. The van der Waals surface area contributed by atoms with Crippen molar-refractivity contribution < 1.29 is 12.7 Å². The zero-order valence-electron chi connectivity index (χ0n) is 12.9. The Kier molecular flexibility index (Phi) is 5.03. The Bertz CT molecular complexity index is 1000. The van der Waals surface area contributed by atoms with Gasteiger partial charge < -0.3 is 0 Å². The molecule has 7 heteroatoms. The van der Waals surface area contributed by atoms with Gasteiger partial charge in [0.2, 0.25) is 0 Å². The second-order valence-electron chi connectivity index (χ2n) is 4.92.